The number of aromatic nitrogens is 2. The minimum atomic E-state index is -3.14. The average molecular weight is 428 g/mol. The van der Waals surface area contributed by atoms with Crippen molar-refractivity contribution in [2.75, 3.05) is 11.6 Å². The third kappa shape index (κ3) is 5.63. The Bertz CT molecular complexity index is 1150. The molecule has 0 unspecified atom stereocenters. The average Bonchev–Trinajstić information content (AvgIpc) is 2.68. The molecule has 0 fully saturated rings. The van der Waals surface area contributed by atoms with Gasteiger partial charge in [-0.15, -0.1) is 0 Å². The quantitative estimate of drug-likeness (QED) is 0.533. The highest BCUT2D eigenvalue weighted by molar-refractivity contribution is 7.89. The van der Waals surface area contributed by atoms with Crippen LogP contribution in [0, 0.1) is 12.7 Å². The van der Waals surface area contributed by atoms with Gasteiger partial charge in [0.25, 0.3) is 0 Å². The number of hydrogen-bond acceptors (Lipinski definition) is 5. The lowest BCUT2D eigenvalue weighted by Gasteiger charge is -2.13. The third-order valence-electron chi connectivity index (χ3n) is 4.86. The standard InChI is InChI=1S/C23H26FN3O2S/c1-4-5-9-18-10-7-12-20(16(18)2)22-21(24)14-25-23(27-22)26-19-11-6-8-17(13-19)15-30(3,28)29/h6-8,10-14H,4-5,9,15H2,1-3H3,(H,25,26,27). The molecule has 0 aliphatic carbocycles. The van der Waals surface area contributed by atoms with Crippen molar-refractivity contribution < 1.29 is 12.8 Å². The topological polar surface area (TPSA) is 72.0 Å². The van der Waals surface area contributed by atoms with E-state index in [0.29, 0.717) is 11.3 Å². The van der Waals surface area contributed by atoms with E-state index in [1.54, 1.807) is 24.3 Å². The van der Waals surface area contributed by atoms with Crippen LogP contribution in [-0.4, -0.2) is 24.6 Å². The Kier molecular flexibility index (Phi) is 6.82. The van der Waals surface area contributed by atoms with Gasteiger partial charge in [-0.3, -0.25) is 0 Å². The summed E-state index contributed by atoms with van der Waals surface area (Å²) >= 11 is 0. The molecule has 3 rings (SSSR count). The van der Waals surface area contributed by atoms with Gasteiger partial charge >= 0.3 is 0 Å². The maximum absolute atomic E-state index is 14.6. The van der Waals surface area contributed by atoms with Gasteiger partial charge in [0.15, 0.2) is 15.7 Å². The molecule has 0 aliphatic heterocycles. The molecule has 0 saturated carbocycles. The van der Waals surface area contributed by atoms with Crippen LogP contribution >= 0.6 is 0 Å². The summed E-state index contributed by atoms with van der Waals surface area (Å²) in [6.45, 7) is 4.13. The fraction of sp³-hybridized carbons (Fsp3) is 0.304. The zero-order chi connectivity index (χ0) is 21.7. The number of halogens is 1. The summed E-state index contributed by atoms with van der Waals surface area (Å²) < 4.78 is 37.7. The molecule has 0 spiro atoms. The zero-order valence-electron chi connectivity index (χ0n) is 17.4. The van der Waals surface area contributed by atoms with Crippen LogP contribution in [0.5, 0.6) is 0 Å². The number of anilines is 2. The van der Waals surface area contributed by atoms with Crippen LogP contribution in [0.25, 0.3) is 11.3 Å². The maximum Gasteiger partial charge on any atom is 0.227 e. The number of nitrogens with zero attached hydrogens (tertiary/aromatic N) is 2. The monoisotopic (exact) mass is 427 g/mol. The van der Waals surface area contributed by atoms with Crippen LogP contribution in [0.1, 0.15) is 36.5 Å². The number of nitrogens with one attached hydrogen (secondary N) is 1. The van der Waals surface area contributed by atoms with Crippen molar-refractivity contribution in [1.29, 1.82) is 0 Å². The highest BCUT2D eigenvalue weighted by Crippen LogP contribution is 2.28. The van der Waals surface area contributed by atoms with Gasteiger partial charge in [-0.1, -0.05) is 43.7 Å². The molecule has 3 aromatic rings. The van der Waals surface area contributed by atoms with E-state index >= 15 is 0 Å². The van der Waals surface area contributed by atoms with Gasteiger partial charge in [-0.05, 0) is 48.6 Å². The van der Waals surface area contributed by atoms with Crippen LogP contribution in [0.4, 0.5) is 16.0 Å². The molecule has 1 heterocycles. The van der Waals surface area contributed by atoms with Gasteiger partial charge in [-0.2, -0.15) is 0 Å². The largest absolute Gasteiger partial charge is 0.324 e. The summed E-state index contributed by atoms with van der Waals surface area (Å²) in [6.07, 6.45) is 5.47. The molecule has 1 aromatic heterocycles. The van der Waals surface area contributed by atoms with Crippen molar-refractivity contribution >= 4 is 21.5 Å². The second-order valence-corrected chi connectivity index (χ2v) is 9.62. The molecular weight excluding hydrogens is 401 g/mol. The number of aryl methyl sites for hydroxylation is 1. The molecule has 2 aromatic carbocycles. The van der Waals surface area contributed by atoms with Crippen LogP contribution in [0.2, 0.25) is 0 Å². The van der Waals surface area contributed by atoms with Gasteiger partial charge in [0, 0.05) is 17.5 Å². The molecule has 0 bridgehead atoms. The van der Waals surface area contributed by atoms with E-state index in [2.05, 4.69) is 28.3 Å². The number of sulfone groups is 1. The molecule has 158 valence electrons. The lowest BCUT2D eigenvalue weighted by molar-refractivity contribution is 0.601. The molecular formula is C23H26FN3O2S. The third-order valence-corrected chi connectivity index (χ3v) is 5.71. The Balaban J connectivity index is 1.91. The van der Waals surface area contributed by atoms with E-state index < -0.39 is 15.7 Å². The number of unbranched alkanes of at least 4 members (excludes halogenated alkanes) is 1. The van der Waals surface area contributed by atoms with Crippen molar-refractivity contribution in [2.45, 2.75) is 38.9 Å². The molecule has 0 radical (unpaired) electrons. The number of benzene rings is 2. The first kappa shape index (κ1) is 21.9. The van der Waals surface area contributed by atoms with E-state index in [1.165, 1.54) is 11.8 Å². The van der Waals surface area contributed by atoms with E-state index in [4.69, 9.17) is 0 Å². The van der Waals surface area contributed by atoms with Gasteiger partial charge in [0.1, 0.15) is 5.69 Å². The first-order valence-electron chi connectivity index (χ1n) is 9.92. The number of rotatable bonds is 8. The van der Waals surface area contributed by atoms with E-state index in [9.17, 15) is 12.8 Å². The lowest BCUT2D eigenvalue weighted by atomic mass is 9.96. The highest BCUT2D eigenvalue weighted by Gasteiger charge is 2.14. The smallest absolute Gasteiger partial charge is 0.227 e. The van der Waals surface area contributed by atoms with Crippen molar-refractivity contribution in [3.8, 4) is 11.3 Å². The first-order valence-corrected chi connectivity index (χ1v) is 12.0. The van der Waals surface area contributed by atoms with Gasteiger partial charge < -0.3 is 5.32 Å². The van der Waals surface area contributed by atoms with Crippen LogP contribution in [0.15, 0.2) is 48.7 Å². The predicted octanol–water partition coefficient (Wildman–Crippen LogP) is 5.22. The summed E-state index contributed by atoms with van der Waals surface area (Å²) in [6, 6.07) is 12.9. The second-order valence-electron chi connectivity index (χ2n) is 7.48. The summed E-state index contributed by atoms with van der Waals surface area (Å²) in [5, 5.41) is 3.05. The first-order chi connectivity index (χ1) is 14.3. The van der Waals surface area contributed by atoms with Gasteiger partial charge in [0.05, 0.1) is 11.9 Å². The van der Waals surface area contributed by atoms with E-state index in [1.807, 2.05) is 19.1 Å². The normalized spacial score (nSPS) is 11.5. The Morgan fingerprint density at radius 1 is 1.13 bits per heavy atom. The summed E-state index contributed by atoms with van der Waals surface area (Å²) in [7, 11) is -3.14. The molecule has 0 atom stereocenters. The molecule has 30 heavy (non-hydrogen) atoms. The molecule has 0 saturated heterocycles. The zero-order valence-corrected chi connectivity index (χ0v) is 18.3. The summed E-state index contributed by atoms with van der Waals surface area (Å²) in [4.78, 5) is 8.46. The van der Waals surface area contributed by atoms with Crippen LogP contribution in [-0.2, 0) is 22.0 Å². The fourth-order valence-electron chi connectivity index (χ4n) is 3.37. The molecule has 7 heteroatoms. The Morgan fingerprint density at radius 2 is 1.90 bits per heavy atom. The fourth-order valence-corrected chi connectivity index (χ4v) is 4.15. The molecule has 5 nitrogen and oxygen atoms in total. The van der Waals surface area contributed by atoms with Crippen LogP contribution in [0.3, 0.4) is 0 Å². The van der Waals surface area contributed by atoms with Crippen molar-refractivity contribution in [3.63, 3.8) is 0 Å². The predicted molar refractivity (Wildman–Crippen MR) is 119 cm³/mol. The maximum atomic E-state index is 14.6. The van der Waals surface area contributed by atoms with Crippen molar-refractivity contribution in [3.05, 3.63) is 71.2 Å². The SMILES string of the molecule is CCCCc1cccc(-c2nc(Nc3cccc(CS(C)(=O)=O)c3)ncc2F)c1C. The van der Waals surface area contributed by atoms with Crippen LogP contribution < -0.4 is 5.32 Å². The molecule has 0 aliphatic rings. The van der Waals surface area contributed by atoms with Crippen molar-refractivity contribution in [1.82, 2.24) is 9.97 Å². The summed E-state index contributed by atoms with van der Waals surface area (Å²) in [5.74, 6) is -0.287. The minimum Gasteiger partial charge on any atom is -0.324 e. The van der Waals surface area contributed by atoms with Gasteiger partial charge in [-0.25, -0.2) is 22.8 Å². The van der Waals surface area contributed by atoms with E-state index in [-0.39, 0.29) is 17.4 Å². The van der Waals surface area contributed by atoms with E-state index in [0.717, 1.165) is 36.6 Å². The molecule has 1 N–H and O–H groups in total. The minimum absolute atomic E-state index is 0.0538. The summed E-state index contributed by atoms with van der Waals surface area (Å²) in [5.41, 5.74) is 4.50. The Morgan fingerprint density at radius 3 is 2.63 bits per heavy atom. The van der Waals surface area contributed by atoms with Crippen molar-refractivity contribution in [2.24, 2.45) is 0 Å². The highest BCUT2D eigenvalue weighted by atomic mass is 32.2. The Labute approximate surface area is 177 Å². The second kappa shape index (κ2) is 9.34. The molecule has 0 amide bonds. The number of hydrogen-bond donors (Lipinski definition) is 1. The lowest BCUT2D eigenvalue weighted by Crippen LogP contribution is -2.04. The Hall–Kier alpha value is -2.80. The van der Waals surface area contributed by atoms with Gasteiger partial charge in [0.2, 0.25) is 5.95 Å².